The summed E-state index contributed by atoms with van der Waals surface area (Å²) in [5, 5.41) is 9.94. The van der Waals surface area contributed by atoms with Crippen molar-refractivity contribution in [2.75, 3.05) is 0 Å². The normalized spacial score (nSPS) is 37.5. The van der Waals surface area contributed by atoms with E-state index in [0.717, 1.165) is 19.3 Å². The van der Waals surface area contributed by atoms with Crippen LogP contribution in [0.5, 0.6) is 0 Å². The maximum atomic E-state index is 9.94. The molecule has 0 unspecified atom stereocenters. The molecule has 1 nitrogen and oxygen atoms in total. The third-order valence-electron chi connectivity index (χ3n) is 2.52. The highest BCUT2D eigenvalue weighted by Crippen LogP contribution is 2.32. The van der Waals surface area contributed by atoms with E-state index in [-0.39, 0.29) is 0 Å². The molecule has 62 valence electrons. The Morgan fingerprint density at radius 1 is 1.55 bits per heavy atom. The smallest absolute Gasteiger partial charge is 0.128 e. The predicted octanol–water partition coefficient (Wildman–Crippen LogP) is 2.28. The van der Waals surface area contributed by atoms with Crippen LogP contribution in [-0.4, -0.2) is 10.7 Å². The van der Waals surface area contributed by atoms with Gasteiger partial charge in [-0.3, -0.25) is 0 Å². The molecule has 0 aromatic carbocycles. The Morgan fingerprint density at radius 2 is 2.27 bits per heavy atom. The van der Waals surface area contributed by atoms with Crippen molar-refractivity contribution in [3.05, 3.63) is 0 Å². The van der Waals surface area contributed by atoms with Gasteiger partial charge in [0.2, 0.25) is 0 Å². The molecule has 1 fully saturated rings. The number of hydrogen-bond donors (Lipinski definition) is 1. The van der Waals surface area contributed by atoms with Crippen LogP contribution in [0.1, 0.15) is 32.6 Å². The van der Waals surface area contributed by atoms with Gasteiger partial charge in [0.25, 0.3) is 0 Å². The van der Waals surface area contributed by atoms with Gasteiger partial charge in [0, 0.05) is 15.9 Å². The fourth-order valence-electron chi connectivity index (χ4n) is 1.60. The maximum absolute atomic E-state index is 9.94. The van der Waals surface area contributed by atoms with Gasteiger partial charge in [-0.15, -0.1) is 0 Å². The Balaban J connectivity index is 2.69. The third kappa shape index (κ3) is 1.98. The second-order valence-corrected chi connectivity index (χ2v) is 3.69. The van der Waals surface area contributed by atoms with E-state index >= 15 is 0 Å². The standard InChI is InChI=1S/C9H13BrO/c1-8-4-2-3-5-9(8,11)6-7-10/h8,11H,2-5H2,1H3/t8-,9+/m1/s1. The quantitative estimate of drug-likeness (QED) is 0.617. The van der Waals surface area contributed by atoms with E-state index in [1.54, 1.807) is 0 Å². The maximum Gasteiger partial charge on any atom is 0.128 e. The van der Waals surface area contributed by atoms with Gasteiger partial charge in [0.1, 0.15) is 5.60 Å². The fraction of sp³-hybridized carbons (Fsp3) is 0.778. The molecular formula is C9H13BrO. The first-order chi connectivity index (χ1) is 5.19. The molecule has 2 heteroatoms. The second kappa shape index (κ2) is 3.60. The van der Waals surface area contributed by atoms with Crippen molar-refractivity contribution in [3.63, 3.8) is 0 Å². The lowest BCUT2D eigenvalue weighted by atomic mass is 9.77. The van der Waals surface area contributed by atoms with Crippen LogP contribution < -0.4 is 0 Å². The van der Waals surface area contributed by atoms with E-state index in [1.165, 1.54) is 6.42 Å². The summed E-state index contributed by atoms with van der Waals surface area (Å²) in [6, 6.07) is 0. The molecule has 11 heavy (non-hydrogen) atoms. The van der Waals surface area contributed by atoms with Gasteiger partial charge in [-0.2, -0.15) is 0 Å². The molecule has 1 rings (SSSR count). The molecule has 1 aliphatic carbocycles. The van der Waals surface area contributed by atoms with Crippen molar-refractivity contribution in [1.82, 2.24) is 0 Å². The van der Waals surface area contributed by atoms with Gasteiger partial charge in [-0.1, -0.05) is 19.3 Å². The summed E-state index contributed by atoms with van der Waals surface area (Å²) in [4.78, 5) is 2.62. The Kier molecular flexibility index (Phi) is 2.98. The molecule has 0 spiro atoms. The zero-order chi connectivity index (χ0) is 8.32. The zero-order valence-corrected chi connectivity index (χ0v) is 8.32. The van der Waals surface area contributed by atoms with Crippen molar-refractivity contribution >= 4 is 15.9 Å². The van der Waals surface area contributed by atoms with Crippen LogP contribution in [0.15, 0.2) is 0 Å². The Morgan fingerprint density at radius 3 is 2.82 bits per heavy atom. The summed E-state index contributed by atoms with van der Waals surface area (Å²) in [7, 11) is 0. The van der Waals surface area contributed by atoms with E-state index in [2.05, 4.69) is 33.6 Å². The molecule has 0 aromatic heterocycles. The van der Waals surface area contributed by atoms with Crippen LogP contribution in [0.2, 0.25) is 0 Å². The number of rotatable bonds is 0. The van der Waals surface area contributed by atoms with E-state index < -0.39 is 5.60 Å². The first-order valence-electron chi connectivity index (χ1n) is 4.04. The monoisotopic (exact) mass is 216 g/mol. The van der Waals surface area contributed by atoms with Crippen LogP contribution in [-0.2, 0) is 0 Å². The van der Waals surface area contributed by atoms with Crippen LogP contribution in [0, 0.1) is 16.7 Å². The minimum atomic E-state index is -0.720. The first kappa shape index (κ1) is 9.09. The number of aliphatic hydroxyl groups is 1. The van der Waals surface area contributed by atoms with Crippen LogP contribution >= 0.6 is 15.9 Å². The van der Waals surface area contributed by atoms with Crippen molar-refractivity contribution in [2.24, 2.45) is 5.92 Å². The molecule has 2 atom stereocenters. The SMILES string of the molecule is C[C@@H]1CCCC[C@]1(O)C#CBr. The number of hydrogen-bond acceptors (Lipinski definition) is 1. The molecule has 1 N–H and O–H groups in total. The summed E-state index contributed by atoms with van der Waals surface area (Å²) >= 11 is 3.03. The van der Waals surface area contributed by atoms with Crippen molar-refractivity contribution in [1.29, 1.82) is 0 Å². The molecule has 0 aromatic rings. The van der Waals surface area contributed by atoms with E-state index in [9.17, 15) is 5.11 Å². The van der Waals surface area contributed by atoms with Crippen molar-refractivity contribution in [2.45, 2.75) is 38.2 Å². The van der Waals surface area contributed by atoms with Crippen LogP contribution in [0.3, 0.4) is 0 Å². The second-order valence-electron chi connectivity index (χ2n) is 3.29. The Hall–Kier alpha value is 0. The van der Waals surface area contributed by atoms with Crippen LogP contribution in [0.25, 0.3) is 0 Å². The highest BCUT2D eigenvalue weighted by molar-refractivity contribution is 9.12. The van der Waals surface area contributed by atoms with E-state index in [1.807, 2.05) is 0 Å². The van der Waals surface area contributed by atoms with Crippen LogP contribution in [0.4, 0.5) is 0 Å². The molecule has 1 aliphatic rings. The fourth-order valence-corrected chi connectivity index (χ4v) is 1.94. The molecule has 0 bridgehead atoms. The molecule has 0 radical (unpaired) electrons. The van der Waals surface area contributed by atoms with Gasteiger partial charge in [0.15, 0.2) is 0 Å². The minimum absolute atomic E-state index is 0.321. The molecule has 0 amide bonds. The third-order valence-corrected chi connectivity index (χ3v) is 2.72. The minimum Gasteiger partial charge on any atom is -0.377 e. The zero-order valence-electron chi connectivity index (χ0n) is 6.73. The summed E-state index contributed by atoms with van der Waals surface area (Å²) < 4.78 is 0. The topological polar surface area (TPSA) is 20.2 Å². The summed E-state index contributed by atoms with van der Waals surface area (Å²) in [6.45, 7) is 2.07. The molecule has 1 saturated carbocycles. The van der Waals surface area contributed by atoms with Gasteiger partial charge in [0.05, 0.1) is 0 Å². The molecular weight excluding hydrogens is 204 g/mol. The van der Waals surface area contributed by atoms with Gasteiger partial charge < -0.3 is 5.11 Å². The summed E-state index contributed by atoms with van der Waals surface area (Å²) in [5.74, 6) is 3.15. The lowest BCUT2D eigenvalue weighted by Crippen LogP contribution is -2.37. The number of halogens is 1. The summed E-state index contributed by atoms with van der Waals surface area (Å²) in [6.07, 6.45) is 4.25. The van der Waals surface area contributed by atoms with E-state index in [0.29, 0.717) is 5.92 Å². The average molecular weight is 217 g/mol. The lowest BCUT2D eigenvalue weighted by molar-refractivity contribution is 0.0127. The highest BCUT2D eigenvalue weighted by Gasteiger charge is 2.33. The Bertz CT molecular complexity index is 191. The van der Waals surface area contributed by atoms with Gasteiger partial charge in [-0.25, -0.2) is 0 Å². The van der Waals surface area contributed by atoms with Crippen molar-refractivity contribution in [3.8, 4) is 10.8 Å². The first-order valence-corrected chi connectivity index (χ1v) is 4.83. The summed E-state index contributed by atoms with van der Waals surface area (Å²) in [5.41, 5.74) is -0.720. The Labute approximate surface area is 76.3 Å². The van der Waals surface area contributed by atoms with E-state index in [4.69, 9.17) is 0 Å². The molecule has 0 saturated heterocycles. The molecule has 0 aliphatic heterocycles. The predicted molar refractivity (Wildman–Crippen MR) is 49.3 cm³/mol. The largest absolute Gasteiger partial charge is 0.377 e. The average Bonchev–Trinajstić information content (AvgIpc) is 1.96. The molecule has 0 heterocycles. The highest BCUT2D eigenvalue weighted by atomic mass is 79.9. The van der Waals surface area contributed by atoms with Crippen molar-refractivity contribution < 1.29 is 5.11 Å². The lowest BCUT2D eigenvalue weighted by Gasteiger charge is -2.33. The van der Waals surface area contributed by atoms with Gasteiger partial charge in [-0.05, 0) is 30.0 Å². The van der Waals surface area contributed by atoms with Gasteiger partial charge >= 0.3 is 0 Å².